The number of hydrogen-bond donors (Lipinski definition) is 2. The maximum atomic E-state index is 12.0. The molecule has 1 fully saturated rings. The van der Waals surface area contributed by atoms with Gasteiger partial charge in [-0.25, -0.2) is 4.79 Å². The van der Waals surface area contributed by atoms with Crippen molar-refractivity contribution in [2.75, 3.05) is 5.01 Å². The van der Waals surface area contributed by atoms with E-state index >= 15 is 0 Å². The van der Waals surface area contributed by atoms with Crippen LogP contribution in [0.25, 0.3) is 0 Å². The molecule has 0 spiro atoms. The molecule has 1 aliphatic heterocycles. The highest BCUT2D eigenvalue weighted by Crippen LogP contribution is 2.25. The Morgan fingerprint density at radius 3 is 2.55 bits per heavy atom. The highest BCUT2D eigenvalue weighted by atomic mass is 16.4. The van der Waals surface area contributed by atoms with Crippen molar-refractivity contribution in [2.24, 2.45) is 5.10 Å². The molecule has 0 radical (unpaired) electrons. The van der Waals surface area contributed by atoms with Crippen molar-refractivity contribution in [3.05, 3.63) is 30.3 Å². The van der Waals surface area contributed by atoms with E-state index in [-0.39, 0.29) is 24.1 Å². The van der Waals surface area contributed by atoms with Crippen LogP contribution in [-0.4, -0.2) is 34.8 Å². The van der Waals surface area contributed by atoms with Crippen molar-refractivity contribution in [3.8, 4) is 0 Å². The minimum Gasteiger partial charge on any atom is -0.480 e. The number of nitrogens with zero attached hydrogens (tertiary/aromatic N) is 2. The molecule has 0 saturated heterocycles. The molecule has 0 aromatic heterocycles. The number of carboxylic acid groups (broad SMARTS) is 1. The molecule has 1 aliphatic carbocycles. The van der Waals surface area contributed by atoms with Gasteiger partial charge in [0.2, 0.25) is 0 Å². The maximum absolute atomic E-state index is 12.0. The Bertz CT molecular complexity index is 566. The second-order valence-corrected chi connectivity index (χ2v) is 5.03. The monoisotopic (exact) mass is 273 g/mol. The van der Waals surface area contributed by atoms with Gasteiger partial charge >= 0.3 is 5.97 Å². The van der Waals surface area contributed by atoms with Gasteiger partial charge in [-0.15, -0.1) is 0 Å². The van der Waals surface area contributed by atoms with Gasteiger partial charge in [0, 0.05) is 12.5 Å². The van der Waals surface area contributed by atoms with E-state index in [0.717, 1.165) is 12.8 Å². The van der Waals surface area contributed by atoms with E-state index in [2.05, 4.69) is 10.4 Å². The van der Waals surface area contributed by atoms with E-state index in [1.165, 1.54) is 5.01 Å². The van der Waals surface area contributed by atoms with Crippen LogP contribution in [0.3, 0.4) is 0 Å². The van der Waals surface area contributed by atoms with Crippen LogP contribution in [0.4, 0.5) is 5.69 Å². The lowest BCUT2D eigenvalue weighted by Crippen LogP contribution is -2.35. The Morgan fingerprint density at radius 1 is 1.25 bits per heavy atom. The van der Waals surface area contributed by atoms with Gasteiger partial charge in [0.15, 0.2) is 6.04 Å². The first-order valence-electron chi connectivity index (χ1n) is 6.60. The number of hydrazone groups is 1. The average Bonchev–Trinajstić information content (AvgIpc) is 3.14. The molecular weight excluding hydrogens is 258 g/mol. The highest BCUT2D eigenvalue weighted by Gasteiger charge is 2.37. The van der Waals surface area contributed by atoms with E-state index in [9.17, 15) is 14.7 Å². The molecule has 6 heteroatoms. The Balaban J connectivity index is 1.83. The van der Waals surface area contributed by atoms with Gasteiger partial charge in [-0.05, 0) is 25.0 Å². The second-order valence-electron chi connectivity index (χ2n) is 5.03. The van der Waals surface area contributed by atoms with Crippen LogP contribution in [0.2, 0.25) is 0 Å². The van der Waals surface area contributed by atoms with E-state index in [0.29, 0.717) is 5.69 Å². The summed E-state index contributed by atoms with van der Waals surface area (Å²) < 4.78 is 0. The number of anilines is 1. The molecule has 1 amide bonds. The summed E-state index contributed by atoms with van der Waals surface area (Å²) in [4.78, 5) is 23.3. The van der Waals surface area contributed by atoms with Crippen LogP contribution in [0.5, 0.6) is 0 Å². The van der Waals surface area contributed by atoms with Crippen LogP contribution in [0, 0.1) is 0 Å². The summed E-state index contributed by atoms with van der Waals surface area (Å²) in [6.07, 6.45) is 2.11. The second kappa shape index (κ2) is 4.96. The number of amides is 1. The minimum atomic E-state index is -0.980. The molecule has 1 aromatic rings. The average molecular weight is 273 g/mol. The smallest absolute Gasteiger partial charge is 0.328 e. The number of aliphatic carboxylic acids is 1. The Labute approximate surface area is 116 Å². The molecule has 2 N–H and O–H groups in total. The molecule has 3 rings (SSSR count). The Kier molecular flexibility index (Phi) is 3.14. The zero-order valence-electron chi connectivity index (χ0n) is 10.8. The zero-order valence-corrected chi connectivity index (χ0v) is 10.8. The van der Waals surface area contributed by atoms with E-state index in [1.54, 1.807) is 12.1 Å². The van der Waals surface area contributed by atoms with Gasteiger partial charge in [0.05, 0.1) is 5.69 Å². The van der Waals surface area contributed by atoms with Gasteiger partial charge in [-0.1, -0.05) is 18.2 Å². The van der Waals surface area contributed by atoms with Crippen molar-refractivity contribution in [2.45, 2.75) is 31.3 Å². The molecule has 1 aromatic carbocycles. The molecule has 0 bridgehead atoms. The van der Waals surface area contributed by atoms with E-state index < -0.39 is 12.0 Å². The third-order valence-electron chi connectivity index (χ3n) is 3.39. The summed E-state index contributed by atoms with van der Waals surface area (Å²) in [5, 5.41) is 17.7. The van der Waals surface area contributed by atoms with E-state index in [1.807, 2.05) is 18.2 Å². The lowest BCUT2D eigenvalue weighted by Gasteiger charge is -2.19. The van der Waals surface area contributed by atoms with E-state index in [4.69, 9.17) is 0 Å². The van der Waals surface area contributed by atoms with Gasteiger partial charge < -0.3 is 10.4 Å². The third-order valence-corrected chi connectivity index (χ3v) is 3.39. The van der Waals surface area contributed by atoms with Crippen molar-refractivity contribution in [1.29, 1.82) is 0 Å². The first-order valence-corrected chi connectivity index (χ1v) is 6.60. The standard InChI is InChI=1S/C14H15N3O3/c18-13(15-9-6-7-9)11-8-12(14(19)20)17(16-11)10-4-2-1-3-5-10/h1-5,9,12H,6-8H2,(H,15,18)(H,19,20). The van der Waals surface area contributed by atoms with Gasteiger partial charge in [-0.3, -0.25) is 9.80 Å². The van der Waals surface area contributed by atoms with Crippen LogP contribution >= 0.6 is 0 Å². The molecular formula is C14H15N3O3. The SMILES string of the molecule is O=C(NC1CC1)C1=NN(c2ccccc2)C(C(=O)O)C1. The number of hydrogen-bond acceptors (Lipinski definition) is 4. The molecule has 20 heavy (non-hydrogen) atoms. The predicted molar refractivity (Wildman–Crippen MR) is 73.6 cm³/mol. The number of benzene rings is 1. The quantitative estimate of drug-likeness (QED) is 0.857. The van der Waals surface area contributed by atoms with Gasteiger partial charge in [-0.2, -0.15) is 5.10 Å². The molecule has 1 saturated carbocycles. The number of carbonyl (C=O) groups is 2. The fraction of sp³-hybridized carbons (Fsp3) is 0.357. The molecule has 1 unspecified atom stereocenters. The summed E-state index contributed by atoms with van der Waals surface area (Å²) in [6, 6.07) is 8.44. The van der Waals surface area contributed by atoms with Crippen molar-refractivity contribution in [1.82, 2.24) is 5.32 Å². The van der Waals surface area contributed by atoms with Crippen LogP contribution < -0.4 is 10.3 Å². The van der Waals surface area contributed by atoms with Crippen molar-refractivity contribution < 1.29 is 14.7 Å². The summed E-state index contributed by atoms with van der Waals surface area (Å²) in [5.41, 5.74) is 0.960. The summed E-state index contributed by atoms with van der Waals surface area (Å²) in [7, 11) is 0. The normalized spacial score (nSPS) is 21.5. The molecule has 1 atom stereocenters. The lowest BCUT2D eigenvalue weighted by atomic mass is 10.1. The maximum Gasteiger partial charge on any atom is 0.328 e. The first-order chi connectivity index (χ1) is 9.65. The lowest BCUT2D eigenvalue weighted by molar-refractivity contribution is -0.138. The topological polar surface area (TPSA) is 82.0 Å². The largest absolute Gasteiger partial charge is 0.480 e. The Morgan fingerprint density at radius 2 is 1.95 bits per heavy atom. The third kappa shape index (κ3) is 2.49. The number of carbonyl (C=O) groups excluding carboxylic acids is 1. The van der Waals surface area contributed by atoms with Crippen LogP contribution in [0.1, 0.15) is 19.3 Å². The number of para-hydroxylation sites is 1. The number of nitrogens with one attached hydrogen (secondary N) is 1. The van der Waals surface area contributed by atoms with Crippen molar-refractivity contribution >= 4 is 23.3 Å². The molecule has 104 valence electrons. The number of rotatable bonds is 4. The molecule has 1 heterocycles. The molecule has 2 aliphatic rings. The number of carboxylic acids is 1. The fourth-order valence-corrected chi connectivity index (χ4v) is 2.15. The predicted octanol–water partition coefficient (Wildman–Crippen LogP) is 0.984. The zero-order chi connectivity index (χ0) is 14.1. The van der Waals surface area contributed by atoms with Crippen molar-refractivity contribution in [3.63, 3.8) is 0 Å². The summed E-state index contributed by atoms with van der Waals surface area (Å²) in [5.74, 6) is -1.23. The highest BCUT2D eigenvalue weighted by molar-refractivity contribution is 6.40. The minimum absolute atomic E-state index is 0.128. The molecule has 6 nitrogen and oxygen atoms in total. The van der Waals surface area contributed by atoms with Gasteiger partial charge in [0.25, 0.3) is 5.91 Å². The van der Waals surface area contributed by atoms with Crippen LogP contribution in [0.15, 0.2) is 35.4 Å². The first kappa shape index (κ1) is 12.7. The fourth-order valence-electron chi connectivity index (χ4n) is 2.15. The summed E-state index contributed by atoms with van der Waals surface area (Å²) in [6.45, 7) is 0. The summed E-state index contributed by atoms with van der Waals surface area (Å²) >= 11 is 0. The van der Waals surface area contributed by atoms with Gasteiger partial charge in [0.1, 0.15) is 5.71 Å². The van der Waals surface area contributed by atoms with Crippen LogP contribution in [-0.2, 0) is 9.59 Å². The Hall–Kier alpha value is -2.37.